The van der Waals surface area contributed by atoms with Crippen molar-refractivity contribution in [1.29, 1.82) is 0 Å². The summed E-state index contributed by atoms with van der Waals surface area (Å²) in [5.74, 6) is 1.97. The molecule has 1 aromatic carbocycles. The van der Waals surface area contributed by atoms with E-state index in [1.807, 2.05) is 32.9 Å². The van der Waals surface area contributed by atoms with E-state index in [0.29, 0.717) is 18.4 Å². The summed E-state index contributed by atoms with van der Waals surface area (Å²) in [6.45, 7) is 10.5. The molecule has 6 nitrogen and oxygen atoms in total. The smallest absolute Gasteiger partial charge is 0.407 e. The Labute approximate surface area is 199 Å². The predicted octanol–water partition coefficient (Wildman–Crippen LogP) is 7.12. The Morgan fingerprint density at radius 3 is 2.33 bits per heavy atom. The fraction of sp³-hybridized carbons (Fsp3) is 0.667. The number of nitrogens with one attached hydrogen (secondary N) is 1. The van der Waals surface area contributed by atoms with Crippen LogP contribution in [-0.2, 0) is 24.1 Å². The van der Waals surface area contributed by atoms with Gasteiger partial charge >= 0.3 is 6.09 Å². The Bertz CT molecular complexity index is 809. The van der Waals surface area contributed by atoms with Crippen molar-refractivity contribution in [3.8, 4) is 0 Å². The topological polar surface area (TPSA) is 77.2 Å². The Hall–Kier alpha value is -2.37. The van der Waals surface area contributed by atoms with Crippen molar-refractivity contribution >= 4 is 6.09 Å². The maximum absolute atomic E-state index is 11.8. The fourth-order valence-corrected chi connectivity index (χ4v) is 3.79. The van der Waals surface area contributed by atoms with E-state index in [2.05, 4.69) is 41.4 Å². The van der Waals surface area contributed by atoms with Gasteiger partial charge in [0, 0.05) is 18.9 Å². The van der Waals surface area contributed by atoms with Gasteiger partial charge in [-0.25, -0.2) is 4.79 Å². The Morgan fingerprint density at radius 1 is 1.00 bits per heavy atom. The van der Waals surface area contributed by atoms with Gasteiger partial charge in [-0.3, -0.25) is 0 Å². The van der Waals surface area contributed by atoms with Crippen LogP contribution in [0.25, 0.3) is 0 Å². The highest BCUT2D eigenvalue weighted by Gasteiger charge is 2.17. The first-order valence-electron chi connectivity index (χ1n) is 12.7. The number of hydrogen-bond acceptors (Lipinski definition) is 5. The highest BCUT2D eigenvalue weighted by molar-refractivity contribution is 5.67. The van der Waals surface area contributed by atoms with Gasteiger partial charge in [0.05, 0.1) is 0 Å². The third-order valence-electron chi connectivity index (χ3n) is 5.73. The van der Waals surface area contributed by atoms with Gasteiger partial charge in [0.1, 0.15) is 5.60 Å². The zero-order valence-corrected chi connectivity index (χ0v) is 21.3. The lowest BCUT2D eigenvalue weighted by Crippen LogP contribution is -2.32. The monoisotopic (exact) mass is 457 g/mol. The van der Waals surface area contributed by atoms with Crippen LogP contribution in [0.3, 0.4) is 0 Å². The zero-order chi connectivity index (χ0) is 24.1. The van der Waals surface area contributed by atoms with Gasteiger partial charge in [-0.1, -0.05) is 81.8 Å². The van der Waals surface area contributed by atoms with Gasteiger partial charge in [-0.15, -0.1) is 0 Å². The summed E-state index contributed by atoms with van der Waals surface area (Å²) in [4.78, 5) is 16.5. The molecule has 0 radical (unpaired) electrons. The minimum Gasteiger partial charge on any atom is -0.444 e. The molecule has 0 fully saturated rings. The van der Waals surface area contributed by atoms with Crippen LogP contribution in [-0.4, -0.2) is 21.8 Å². The first kappa shape index (κ1) is 26.9. The molecule has 1 amide bonds. The number of ether oxygens (including phenoxy) is 1. The van der Waals surface area contributed by atoms with E-state index in [4.69, 9.17) is 9.26 Å². The lowest BCUT2D eigenvalue weighted by atomic mass is 9.97. The second kappa shape index (κ2) is 14.0. The van der Waals surface area contributed by atoms with Gasteiger partial charge < -0.3 is 14.6 Å². The fourth-order valence-electron chi connectivity index (χ4n) is 3.79. The molecule has 1 unspecified atom stereocenters. The molecular weight excluding hydrogens is 414 g/mol. The van der Waals surface area contributed by atoms with Crippen molar-refractivity contribution in [3.05, 3.63) is 47.1 Å². The van der Waals surface area contributed by atoms with E-state index >= 15 is 0 Å². The molecule has 184 valence electrons. The molecule has 6 heteroatoms. The average Bonchev–Trinajstić information content (AvgIpc) is 3.24. The predicted molar refractivity (Wildman–Crippen MR) is 132 cm³/mol. The number of aryl methyl sites for hydroxylation is 2. The number of hydrogen-bond donors (Lipinski definition) is 1. The van der Waals surface area contributed by atoms with Crippen molar-refractivity contribution in [3.63, 3.8) is 0 Å². The maximum atomic E-state index is 11.8. The molecule has 1 aromatic heterocycles. The number of benzene rings is 1. The molecule has 1 heterocycles. The van der Waals surface area contributed by atoms with Crippen LogP contribution in [0.5, 0.6) is 0 Å². The van der Waals surface area contributed by atoms with E-state index in [-0.39, 0.29) is 0 Å². The Balaban J connectivity index is 1.74. The largest absolute Gasteiger partial charge is 0.444 e. The maximum Gasteiger partial charge on any atom is 0.407 e. The molecule has 0 aliphatic carbocycles. The van der Waals surface area contributed by atoms with Crippen molar-refractivity contribution in [2.75, 3.05) is 0 Å². The summed E-state index contributed by atoms with van der Waals surface area (Å²) in [6, 6.07) is 8.21. The number of aromatic nitrogens is 2. The highest BCUT2D eigenvalue weighted by atomic mass is 16.6. The van der Waals surface area contributed by atoms with Crippen LogP contribution in [0, 0.1) is 0 Å². The van der Waals surface area contributed by atoms with Gasteiger partial charge in [-0.05, 0) is 51.2 Å². The molecule has 33 heavy (non-hydrogen) atoms. The summed E-state index contributed by atoms with van der Waals surface area (Å²) in [6.07, 6.45) is 11.2. The second-order valence-electron chi connectivity index (χ2n) is 9.88. The van der Waals surface area contributed by atoms with E-state index in [9.17, 15) is 4.79 Å². The molecule has 0 aliphatic rings. The molecular formula is C27H43N3O3. The molecule has 0 saturated heterocycles. The zero-order valence-electron chi connectivity index (χ0n) is 21.3. The molecule has 1 atom stereocenters. The van der Waals surface area contributed by atoms with Crippen LogP contribution in [0.4, 0.5) is 4.79 Å². The average molecular weight is 458 g/mol. The summed E-state index contributed by atoms with van der Waals surface area (Å²) < 4.78 is 10.8. The van der Waals surface area contributed by atoms with E-state index in [0.717, 1.165) is 37.1 Å². The molecule has 0 saturated carbocycles. The van der Waals surface area contributed by atoms with Gasteiger partial charge in [-0.2, -0.15) is 4.98 Å². The van der Waals surface area contributed by atoms with Crippen molar-refractivity contribution in [1.82, 2.24) is 15.5 Å². The SMILES string of the molecule is CCCCCCCCC(CC)c1noc(CCc2ccc(CNC(=O)OC(C)(C)C)cc2)n1. The van der Waals surface area contributed by atoms with Crippen LogP contribution in [0.2, 0.25) is 0 Å². The van der Waals surface area contributed by atoms with Crippen LogP contribution in [0.1, 0.15) is 115 Å². The lowest BCUT2D eigenvalue weighted by molar-refractivity contribution is 0.0523. The van der Waals surface area contributed by atoms with Crippen LogP contribution < -0.4 is 5.32 Å². The number of unbranched alkanes of at least 4 members (excludes halogenated alkanes) is 5. The molecule has 0 spiro atoms. The minimum atomic E-state index is -0.492. The standard InChI is InChI=1S/C27H43N3O3/c1-6-8-9-10-11-12-13-23(7-2)25-29-24(33-30-25)19-18-21-14-16-22(17-15-21)20-28-26(31)32-27(3,4)5/h14-17,23H,6-13,18-20H2,1-5H3,(H,28,31). The van der Waals surface area contributed by atoms with E-state index in [1.54, 1.807) is 0 Å². The van der Waals surface area contributed by atoms with E-state index < -0.39 is 11.7 Å². The Morgan fingerprint density at radius 2 is 1.67 bits per heavy atom. The van der Waals surface area contributed by atoms with E-state index in [1.165, 1.54) is 44.1 Å². The second-order valence-corrected chi connectivity index (χ2v) is 9.88. The van der Waals surface area contributed by atoms with Crippen molar-refractivity contribution < 1.29 is 14.1 Å². The van der Waals surface area contributed by atoms with Crippen LogP contribution >= 0.6 is 0 Å². The first-order chi connectivity index (χ1) is 15.8. The van der Waals surface area contributed by atoms with Gasteiger partial charge in [0.2, 0.25) is 5.89 Å². The number of rotatable bonds is 14. The number of nitrogens with zero attached hydrogens (tertiary/aromatic N) is 2. The molecule has 1 N–H and O–H groups in total. The summed E-state index contributed by atoms with van der Waals surface area (Å²) in [5, 5.41) is 7.05. The minimum absolute atomic E-state index is 0.394. The summed E-state index contributed by atoms with van der Waals surface area (Å²) in [7, 11) is 0. The number of alkyl carbamates (subject to hydrolysis) is 1. The van der Waals surface area contributed by atoms with Crippen LogP contribution in [0.15, 0.2) is 28.8 Å². The molecule has 0 bridgehead atoms. The molecule has 2 rings (SSSR count). The quantitative estimate of drug-likeness (QED) is 0.305. The van der Waals surface area contributed by atoms with Gasteiger partial charge in [0.25, 0.3) is 0 Å². The normalized spacial score (nSPS) is 12.5. The van der Waals surface area contributed by atoms with Crippen molar-refractivity contribution in [2.24, 2.45) is 0 Å². The number of carbonyl (C=O) groups excluding carboxylic acids is 1. The summed E-state index contributed by atoms with van der Waals surface area (Å²) in [5.41, 5.74) is 1.74. The van der Waals surface area contributed by atoms with Crippen molar-refractivity contribution in [2.45, 2.75) is 117 Å². The molecule has 0 aliphatic heterocycles. The number of amides is 1. The third kappa shape index (κ3) is 10.9. The Kier molecular flexibility index (Phi) is 11.4. The first-order valence-corrected chi connectivity index (χ1v) is 12.7. The lowest BCUT2D eigenvalue weighted by Gasteiger charge is -2.19. The number of carbonyl (C=O) groups is 1. The third-order valence-corrected chi connectivity index (χ3v) is 5.73. The molecule has 2 aromatic rings. The summed E-state index contributed by atoms with van der Waals surface area (Å²) >= 11 is 0. The van der Waals surface area contributed by atoms with Gasteiger partial charge in [0.15, 0.2) is 5.82 Å². The highest BCUT2D eigenvalue weighted by Crippen LogP contribution is 2.24.